The first-order valence-electron chi connectivity index (χ1n) is 5.31. The van der Waals surface area contributed by atoms with E-state index in [1.807, 2.05) is 19.1 Å². The molecule has 0 aliphatic heterocycles. The van der Waals surface area contributed by atoms with Gasteiger partial charge in [-0.1, -0.05) is 12.1 Å². The predicted octanol–water partition coefficient (Wildman–Crippen LogP) is 4.99. The number of thiophene rings is 1. The molecule has 0 radical (unpaired) electrons. The number of aryl methyl sites for hydroxylation is 1. The van der Waals surface area contributed by atoms with Gasteiger partial charge in [0.25, 0.3) is 0 Å². The summed E-state index contributed by atoms with van der Waals surface area (Å²) in [5.41, 5.74) is 0.747. The minimum Gasteiger partial charge on any atom is -0.435 e. The molecule has 0 aliphatic carbocycles. The molecular formula is C13H11ClF2OS. The third-order valence-electron chi connectivity index (χ3n) is 2.39. The molecule has 0 bridgehead atoms. The monoisotopic (exact) mass is 288 g/mol. The maximum absolute atomic E-state index is 12.1. The summed E-state index contributed by atoms with van der Waals surface area (Å²) in [5.74, 6) is 0.126. The molecule has 0 saturated heterocycles. The predicted molar refractivity (Wildman–Crippen MR) is 69.8 cm³/mol. The molecule has 18 heavy (non-hydrogen) atoms. The van der Waals surface area contributed by atoms with Crippen LogP contribution in [0.25, 0.3) is 0 Å². The largest absolute Gasteiger partial charge is 0.435 e. The van der Waals surface area contributed by atoms with Crippen LogP contribution in [0.15, 0.2) is 36.4 Å². The Bertz CT molecular complexity index is 527. The quantitative estimate of drug-likeness (QED) is 0.721. The van der Waals surface area contributed by atoms with Crippen molar-refractivity contribution in [1.82, 2.24) is 0 Å². The molecule has 96 valence electrons. The van der Waals surface area contributed by atoms with Gasteiger partial charge in [-0.15, -0.1) is 22.9 Å². The van der Waals surface area contributed by atoms with Gasteiger partial charge in [-0.2, -0.15) is 8.78 Å². The molecule has 1 atom stereocenters. The van der Waals surface area contributed by atoms with Gasteiger partial charge < -0.3 is 4.74 Å². The number of ether oxygens (including phenoxy) is 1. The summed E-state index contributed by atoms with van der Waals surface area (Å²) in [6.45, 7) is -0.827. The summed E-state index contributed by atoms with van der Waals surface area (Å²) in [6, 6.07) is 10.4. The van der Waals surface area contributed by atoms with E-state index in [1.165, 1.54) is 6.07 Å². The fourth-order valence-corrected chi connectivity index (χ4v) is 2.83. The zero-order valence-electron chi connectivity index (χ0n) is 9.57. The Balaban J connectivity index is 2.22. The summed E-state index contributed by atoms with van der Waals surface area (Å²) in [5, 5.41) is -0.343. The van der Waals surface area contributed by atoms with Crippen molar-refractivity contribution >= 4 is 22.9 Å². The van der Waals surface area contributed by atoms with E-state index in [0.29, 0.717) is 0 Å². The van der Waals surface area contributed by atoms with E-state index in [0.717, 1.165) is 15.3 Å². The molecule has 1 unspecified atom stereocenters. The van der Waals surface area contributed by atoms with Crippen molar-refractivity contribution in [3.05, 3.63) is 51.7 Å². The van der Waals surface area contributed by atoms with Gasteiger partial charge in [-0.25, -0.2) is 0 Å². The Hall–Kier alpha value is -1.13. The lowest BCUT2D eigenvalue weighted by Crippen LogP contribution is -2.02. The third kappa shape index (κ3) is 3.21. The number of hydrogen-bond acceptors (Lipinski definition) is 2. The van der Waals surface area contributed by atoms with E-state index in [4.69, 9.17) is 11.6 Å². The Morgan fingerprint density at radius 3 is 2.61 bits per heavy atom. The molecule has 1 nitrogen and oxygen atoms in total. The van der Waals surface area contributed by atoms with Crippen molar-refractivity contribution in [2.45, 2.75) is 18.9 Å². The Morgan fingerprint density at radius 1 is 1.22 bits per heavy atom. The Morgan fingerprint density at radius 2 is 2.00 bits per heavy atom. The average Bonchev–Trinajstić information content (AvgIpc) is 2.74. The van der Waals surface area contributed by atoms with E-state index >= 15 is 0 Å². The fourth-order valence-electron chi connectivity index (χ4n) is 1.60. The second kappa shape index (κ2) is 5.67. The van der Waals surface area contributed by atoms with Crippen molar-refractivity contribution in [1.29, 1.82) is 0 Å². The standard InChI is InChI=1S/C13H11ClF2OS/c1-8-5-6-11(18-8)12(14)9-3-2-4-10(7-9)17-13(15)16/h2-7,12-13H,1H3. The van der Waals surface area contributed by atoms with Crippen molar-refractivity contribution < 1.29 is 13.5 Å². The minimum atomic E-state index is -2.82. The van der Waals surface area contributed by atoms with Crippen LogP contribution in [-0.4, -0.2) is 6.61 Å². The molecule has 0 N–H and O–H groups in total. The summed E-state index contributed by atoms with van der Waals surface area (Å²) in [4.78, 5) is 2.15. The van der Waals surface area contributed by atoms with Gasteiger partial charge in [-0.05, 0) is 36.8 Å². The van der Waals surface area contributed by atoms with Crippen LogP contribution in [0.1, 0.15) is 20.7 Å². The van der Waals surface area contributed by atoms with Crippen LogP contribution in [-0.2, 0) is 0 Å². The van der Waals surface area contributed by atoms with Gasteiger partial charge in [0.15, 0.2) is 0 Å². The Kier molecular flexibility index (Phi) is 4.19. The van der Waals surface area contributed by atoms with Crippen molar-refractivity contribution in [3.8, 4) is 5.75 Å². The lowest BCUT2D eigenvalue weighted by molar-refractivity contribution is -0.0498. The van der Waals surface area contributed by atoms with Crippen LogP contribution in [0.5, 0.6) is 5.75 Å². The molecule has 0 amide bonds. The van der Waals surface area contributed by atoms with Crippen LogP contribution in [0, 0.1) is 6.92 Å². The highest BCUT2D eigenvalue weighted by Gasteiger charge is 2.14. The van der Waals surface area contributed by atoms with E-state index in [-0.39, 0.29) is 11.1 Å². The molecule has 0 spiro atoms. The molecule has 2 aromatic rings. The summed E-state index contributed by atoms with van der Waals surface area (Å²) in [6.07, 6.45) is 0. The first-order valence-corrected chi connectivity index (χ1v) is 6.57. The van der Waals surface area contributed by atoms with Gasteiger partial charge >= 0.3 is 6.61 Å². The fraction of sp³-hybridized carbons (Fsp3) is 0.231. The second-order valence-corrected chi connectivity index (χ2v) is 5.52. The van der Waals surface area contributed by atoms with Gasteiger partial charge in [0.2, 0.25) is 0 Å². The van der Waals surface area contributed by atoms with Gasteiger partial charge in [0.1, 0.15) is 5.75 Å². The number of halogens is 3. The maximum atomic E-state index is 12.1. The summed E-state index contributed by atoms with van der Waals surface area (Å²) >= 11 is 7.91. The average molecular weight is 289 g/mol. The van der Waals surface area contributed by atoms with Gasteiger partial charge in [-0.3, -0.25) is 0 Å². The molecule has 5 heteroatoms. The van der Waals surface area contributed by atoms with Crippen LogP contribution >= 0.6 is 22.9 Å². The second-order valence-electron chi connectivity index (χ2n) is 3.76. The summed E-state index contributed by atoms with van der Waals surface area (Å²) < 4.78 is 28.6. The summed E-state index contributed by atoms with van der Waals surface area (Å²) in [7, 11) is 0. The molecule has 1 aromatic heterocycles. The molecule has 1 aromatic carbocycles. The first kappa shape index (κ1) is 13.3. The molecule has 0 aliphatic rings. The minimum absolute atomic E-state index is 0.126. The molecule has 0 saturated carbocycles. The van der Waals surface area contributed by atoms with Crippen LogP contribution < -0.4 is 4.74 Å². The zero-order valence-corrected chi connectivity index (χ0v) is 11.1. The van der Waals surface area contributed by atoms with Gasteiger partial charge in [0, 0.05) is 9.75 Å². The van der Waals surface area contributed by atoms with E-state index in [1.54, 1.807) is 29.5 Å². The SMILES string of the molecule is Cc1ccc(C(Cl)c2cccc(OC(F)F)c2)s1. The molecule has 0 fully saturated rings. The number of rotatable bonds is 4. The highest BCUT2D eigenvalue weighted by Crippen LogP contribution is 2.34. The Labute approximate surface area is 113 Å². The highest BCUT2D eigenvalue weighted by molar-refractivity contribution is 7.12. The number of hydrogen-bond donors (Lipinski definition) is 0. The molecule has 2 rings (SSSR count). The van der Waals surface area contributed by atoms with Gasteiger partial charge in [0.05, 0.1) is 5.38 Å². The van der Waals surface area contributed by atoms with Crippen LogP contribution in [0.4, 0.5) is 8.78 Å². The lowest BCUT2D eigenvalue weighted by atomic mass is 10.1. The molecule has 1 heterocycles. The van der Waals surface area contributed by atoms with Crippen molar-refractivity contribution in [2.24, 2.45) is 0 Å². The highest BCUT2D eigenvalue weighted by atomic mass is 35.5. The van der Waals surface area contributed by atoms with E-state index in [2.05, 4.69) is 4.74 Å². The third-order valence-corrected chi connectivity index (χ3v) is 4.07. The maximum Gasteiger partial charge on any atom is 0.387 e. The van der Waals surface area contributed by atoms with Crippen molar-refractivity contribution in [2.75, 3.05) is 0 Å². The van der Waals surface area contributed by atoms with Crippen LogP contribution in [0.3, 0.4) is 0 Å². The van der Waals surface area contributed by atoms with E-state index < -0.39 is 6.61 Å². The van der Waals surface area contributed by atoms with Crippen molar-refractivity contribution in [3.63, 3.8) is 0 Å². The topological polar surface area (TPSA) is 9.23 Å². The van der Waals surface area contributed by atoms with E-state index in [9.17, 15) is 8.78 Å². The first-order chi connectivity index (χ1) is 8.56. The lowest BCUT2D eigenvalue weighted by Gasteiger charge is -2.10. The van der Waals surface area contributed by atoms with Crippen LogP contribution in [0.2, 0.25) is 0 Å². The number of benzene rings is 1. The zero-order chi connectivity index (χ0) is 13.1. The normalized spacial score (nSPS) is 12.7. The smallest absolute Gasteiger partial charge is 0.387 e. The molecular weight excluding hydrogens is 278 g/mol. The number of alkyl halides is 3.